The van der Waals surface area contributed by atoms with E-state index in [1.807, 2.05) is 0 Å². The first-order valence-corrected chi connectivity index (χ1v) is 9.63. The summed E-state index contributed by atoms with van der Waals surface area (Å²) in [5.41, 5.74) is 0.266. The maximum atomic E-state index is 13.2. The van der Waals surface area contributed by atoms with Gasteiger partial charge in [0.1, 0.15) is 17.1 Å². The number of benzene rings is 1. The maximum Gasteiger partial charge on any atom is 0.335 e. The van der Waals surface area contributed by atoms with E-state index in [1.54, 1.807) is 19.1 Å². The van der Waals surface area contributed by atoms with Crippen LogP contribution in [0.3, 0.4) is 0 Å². The Kier molecular flexibility index (Phi) is 5.86. The van der Waals surface area contributed by atoms with Gasteiger partial charge in [-0.05, 0) is 19.5 Å². The minimum Gasteiger partial charge on any atom is -0.495 e. The minimum atomic E-state index is -0.875. The van der Waals surface area contributed by atoms with E-state index in [2.05, 4.69) is 17.1 Å². The fraction of sp³-hybridized carbons (Fsp3) is 0.500. The first kappa shape index (κ1) is 20.5. The highest BCUT2D eigenvalue weighted by molar-refractivity contribution is 6.32. The van der Waals surface area contributed by atoms with Crippen molar-refractivity contribution in [3.05, 3.63) is 28.3 Å². The van der Waals surface area contributed by atoms with Crippen LogP contribution in [-0.4, -0.2) is 56.2 Å². The second-order valence-electron chi connectivity index (χ2n) is 6.96. The smallest absolute Gasteiger partial charge is 0.335 e. The molecule has 2 aliphatic heterocycles. The Hall–Kier alpha value is -2.25. The van der Waals surface area contributed by atoms with E-state index in [4.69, 9.17) is 25.8 Å². The van der Waals surface area contributed by atoms with E-state index in [-0.39, 0.29) is 5.91 Å². The number of methoxy groups -OCH3 is 2. The molecule has 1 aromatic rings. The number of hydrogen-bond acceptors (Lipinski definition) is 6. The van der Waals surface area contributed by atoms with Gasteiger partial charge in [-0.1, -0.05) is 18.5 Å². The van der Waals surface area contributed by atoms with Crippen LogP contribution >= 0.6 is 11.6 Å². The highest BCUT2D eigenvalue weighted by Crippen LogP contribution is 2.42. The molecule has 1 saturated heterocycles. The number of piperidine rings is 1. The van der Waals surface area contributed by atoms with Crippen LogP contribution in [0.5, 0.6) is 11.5 Å². The number of nitrogens with one attached hydrogen (secondary N) is 1. The van der Waals surface area contributed by atoms with Gasteiger partial charge in [0.2, 0.25) is 0 Å². The second-order valence-corrected chi connectivity index (χ2v) is 7.37. The summed E-state index contributed by atoms with van der Waals surface area (Å²) in [6.07, 6.45) is 1.18. The van der Waals surface area contributed by atoms with Crippen LogP contribution in [-0.2, 0) is 14.3 Å². The molecule has 0 radical (unpaired) electrons. The van der Waals surface area contributed by atoms with Crippen molar-refractivity contribution in [2.75, 3.05) is 39.2 Å². The Morgan fingerprint density at radius 2 is 1.89 bits per heavy atom. The van der Waals surface area contributed by atoms with Crippen molar-refractivity contribution in [2.45, 2.75) is 32.3 Å². The molecule has 8 heteroatoms. The molecule has 2 heterocycles. The number of halogens is 1. The second kappa shape index (κ2) is 8.01. The average molecular weight is 409 g/mol. The molecule has 1 fully saturated rings. The summed E-state index contributed by atoms with van der Waals surface area (Å²) in [5, 5.41) is 3.18. The van der Waals surface area contributed by atoms with Crippen LogP contribution in [0.25, 0.3) is 0 Å². The van der Waals surface area contributed by atoms with Crippen LogP contribution < -0.4 is 14.8 Å². The number of nitrogens with zero attached hydrogens (tertiary/aromatic N) is 1. The third kappa shape index (κ3) is 3.56. The highest BCUT2D eigenvalue weighted by Gasteiger charge is 2.50. The molecule has 0 atom stereocenters. The molecular weight excluding hydrogens is 384 g/mol. The van der Waals surface area contributed by atoms with Crippen LogP contribution in [0, 0.1) is 0 Å². The molecule has 0 aromatic heterocycles. The van der Waals surface area contributed by atoms with Gasteiger partial charge in [0.25, 0.3) is 5.91 Å². The normalized spacial score (nSPS) is 19.0. The molecule has 0 saturated carbocycles. The third-order valence-corrected chi connectivity index (χ3v) is 5.78. The minimum absolute atomic E-state index is 0.342. The van der Waals surface area contributed by atoms with Crippen molar-refractivity contribution < 1.29 is 23.8 Å². The molecule has 7 nitrogen and oxygen atoms in total. The largest absolute Gasteiger partial charge is 0.495 e. The van der Waals surface area contributed by atoms with E-state index >= 15 is 0 Å². The monoisotopic (exact) mass is 408 g/mol. The number of likely N-dealkylation sites (tertiary alicyclic amines) is 1. The molecule has 0 aliphatic carbocycles. The van der Waals surface area contributed by atoms with Crippen LogP contribution in [0.15, 0.2) is 23.3 Å². The molecule has 152 valence electrons. The summed E-state index contributed by atoms with van der Waals surface area (Å²) in [7, 11) is 2.99. The molecule has 3 rings (SSSR count). The number of carbonyl (C=O) groups excluding carboxylic acids is 2. The van der Waals surface area contributed by atoms with Crippen LogP contribution in [0.4, 0.5) is 5.69 Å². The quantitative estimate of drug-likeness (QED) is 0.754. The molecule has 2 aliphatic rings. The van der Waals surface area contributed by atoms with Crippen molar-refractivity contribution in [3.63, 3.8) is 0 Å². The Labute approximate surface area is 169 Å². The summed E-state index contributed by atoms with van der Waals surface area (Å²) >= 11 is 6.20. The summed E-state index contributed by atoms with van der Waals surface area (Å²) in [6.45, 7) is 6.19. The topological polar surface area (TPSA) is 77.1 Å². The Bertz CT molecular complexity index is 828. The van der Waals surface area contributed by atoms with Crippen molar-refractivity contribution in [2.24, 2.45) is 0 Å². The summed E-state index contributed by atoms with van der Waals surface area (Å²) in [6, 6.07) is 3.17. The number of ether oxygens (including phenoxy) is 3. The molecule has 1 spiro atoms. The maximum absolute atomic E-state index is 13.2. The van der Waals surface area contributed by atoms with Gasteiger partial charge in [0.05, 0.1) is 30.5 Å². The van der Waals surface area contributed by atoms with Crippen molar-refractivity contribution in [1.82, 2.24) is 4.90 Å². The zero-order valence-electron chi connectivity index (χ0n) is 16.6. The fourth-order valence-electron chi connectivity index (χ4n) is 3.85. The van der Waals surface area contributed by atoms with E-state index in [9.17, 15) is 9.59 Å². The lowest BCUT2D eigenvalue weighted by Gasteiger charge is -2.39. The molecule has 28 heavy (non-hydrogen) atoms. The number of amides is 1. The molecular formula is C20H25ClN2O5. The zero-order chi connectivity index (χ0) is 20.5. The fourth-order valence-corrected chi connectivity index (χ4v) is 4.09. The van der Waals surface area contributed by atoms with E-state index in [1.165, 1.54) is 14.2 Å². The molecule has 1 amide bonds. The Morgan fingerprint density at radius 3 is 2.46 bits per heavy atom. The van der Waals surface area contributed by atoms with E-state index < -0.39 is 11.6 Å². The zero-order valence-corrected chi connectivity index (χ0v) is 17.3. The molecule has 1 N–H and O–H groups in total. The highest BCUT2D eigenvalue weighted by atomic mass is 35.5. The van der Waals surface area contributed by atoms with Crippen LogP contribution in [0.2, 0.25) is 5.02 Å². The van der Waals surface area contributed by atoms with Gasteiger partial charge < -0.3 is 24.4 Å². The predicted molar refractivity (Wildman–Crippen MR) is 106 cm³/mol. The molecule has 0 bridgehead atoms. The van der Waals surface area contributed by atoms with Gasteiger partial charge in [0, 0.05) is 37.6 Å². The SMILES string of the molecule is CCN1CCC2(CC1)OC(=O)C(C)=C2C(=O)Nc1cc(Cl)c(OC)cc1OC. The van der Waals surface area contributed by atoms with Gasteiger partial charge in [-0.15, -0.1) is 0 Å². The Balaban J connectivity index is 1.90. The number of carbonyl (C=O) groups is 2. The lowest BCUT2D eigenvalue weighted by Crippen LogP contribution is -2.47. The van der Waals surface area contributed by atoms with Crippen molar-refractivity contribution in [1.29, 1.82) is 0 Å². The lowest BCUT2D eigenvalue weighted by atomic mass is 9.82. The van der Waals surface area contributed by atoms with Gasteiger partial charge in [0.15, 0.2) is 0 Å². The standard InChI is InChI=1S/C20H25ClN2O5/c1-5-23-8-6-20(7-9-23)17(12(2)19(25)28-20)18(24)22-14-10-13(21)15(26-3)11-16(14)27-4/h10-11H,5-9H2,1-4H3,(H,22,24). The van der Waals surface area contributed by atoms with E-state index in [0.29, 0.717) is 46.2 Å². The average Bonchev–Trinajstić information content (AvgIpc) is 2.92. The van der Waals surface area contributed by atoms with Gasteiger partial charge in [-0.2, -0.15) is 0 Å². The molecule has 1 aromatic carbocycles. The van der Waals surface area contributed by atoms with Gasteiger partial charge >= 0.3 is 5.97 Å². The molecule has 0 unspecified atom stereocenters. The summed E-state index contributed by atoms with van der Waals surface area (Å²) in [4.78, 5) is 27.7. The number of esters is 1. The summed E-state index contributed by atoms with van der Waals surface area (Å²) < 4.78 is 16.2. The first-order chi connectivity index (χ1) is 13.3. The predicted octanol–water partition coefficient (Wildman–Crippen LogP) is 3.02. The number of hydrogen-bond donors (Lipinski definition) is 1. The lowest BCUT2D eigenvalue weighted by molar-refractivity contribution is -0.150. The van der Waals surface area contributed by atoms with Gasteiger partial charge in [-0.3, -0.25) is 4.79 Å². The van der Waals surface area contributed by atoms with Crippen molar-refractivity contribution in [3.8, 4) is 11.5 Å². The third-order valence-electron chi connectivity index (χ3n) is 5.49. The van der Waals surface area contributed by atoms with Gasteiger partial charge in [-0.25, -0.2) is 4.79 Å². The summed E-state index contributed by atoms with van der Waals surface area (Å²) in [5.74, 6) is 0.0327. The first-order valence-electron chi connectivity index (χ1n) is 9.25. The Morgan fingerprint density at radius 1 is 1.25 bits per heavy atom. The van der Waals surface area contributed by atoms with Crippen LogP contribution in [0.1, 0.15) is 26.7 Å². The van der Waals surface area contributed by atoms with Crippen molar-refractivity contribution >= 4 is 29.2 Å². The van der Waals surface area contributed by atoms with E-state index in [0.717, 1.165) is 19.6 Å². The number of rotatable bonds is 5. The number of anilines is 1.